The van der Waals surface area contributed by atoms with Crippen LogP contribution in [-0.4, -0.2) is 31.7 Å². The molecule has 2 aromatic carbocycles. The average molecular weight is 309 g/mol. The van der Waals surface area contributed by atoms with E-state index in [0.717, 1.165) is 37.7 Å². The summed E-state index contributed by atoms with van der Waals surface area (Å²) in [4.78, 5) is 2.56. The van der Waals surface area contributed by atoms with E-state index in [2.05, 4.69) is 47.4 Å². The fourth-order valence-electron chi connectivity index (χ4n) is 3.88. The largest absolute Gasteiger partial charge is 0.497 e. The zero-order valence-corrected chi connectivity index (χ0v) is 13.6. The van der Waals surface area contributed by atoms with Crippen molar-refractivity contribution >= 4 is 0 Å². The topological polar surface area (TPSA) is 21.7 Å². The Labute approximate surface area is 137 Å². The van der Waals surface area contributed by atoms with Gasteiger partial charge in [-0.25, -0.2) is 0 Å². The number of nitrogens with zero attached hydrogens (tertiary/aromatic N) is 1. The molecule has 0 bridgehead atoms. The Morgan fingerprint density at radius 1 is 1.09 bits per heavy atom. The third kappa shape index (κ3) is 2.70. The smallest absolute Gasteiger partial charge is 0.126 e. The average Bonchev–Trinajstić information content (AvgIpc) is 2.96. The van der Waals surface area contributed by atoms with Gasteiger partial charge in [0.2, 0.25) is 0 Å². The normalized spacial score (nSPS) is 19.3. The first kappa shape index (κ1) is 14.6. The molecule has 120 valence electrons. The molecule has 0 N–H and O–H groups in total. The Bertz CT molecular complexity index is 675. The van der Waals surface area contributed by atoms with Crippen LogP contribution in [0.2, 0.25) is 0 Å². The molecule has 1 spiro atoms. The van der Waals surface area contributed by atoms with Crippen LogP contribution in [0.1, 0.15) is 24.0 Å². The van der Waals surface area contributed by atoms with Crippen LogP contribution in [0.15, 0.2) is 48.5 Å². The van der Waals surface area contributed by atoms with Gasteiger partial charge in [-0.15, -0.1) is 0 Å². The predicted molar refractivity (Wildman–Crippen MR) is 91.1 cm³/mol. The summed E-state index contributed by atoms with van der Waals surface area (Å²) in [6.45, 7) is 4.12. The van der Waals surface area contributed by atoms with Crippen LogP contribution in [0.3, 0.4) is 0 Å². The SMILES string of the molecule is COc1ccc2c(c1)OCC21CCN(Cc2ccccc2)CC1. The highest BCUT2D eigenvalue weighted by atomic mass is 16.5. The zero-order chi connectivity index (χ0) is 15.7. The molecule has 2 heterocycles. The van der Waals surface area contributed by atoms with E-state index in [9.17, 15) is 0 Å². The van der Waals surface area contributed by atoms with Gasteiger partial charge >= 0.3 is 0 Å². The molecule has 2 aromatic rings. The molecule has 0 radical (unpaired) electrons. The lowest BCUT2D eigenvalue weighted by Crippen LogP contribution is -2.43. The number of rotatable bonds is 3. The molecule has 3 nitrogen and oxygen atoms in total. The Hall–Kier alpha value is -2.00. The number of hydrogen-bond acceptors (Lipinski definition) is 3. The van der Waals surface area contributed by atoms with Crippen molar-refractivity contribution in [3.63, 3.8) is 0 Å². The van der Waals surface area contributed by atoms with Gasteiger partial charge in [0.25, 0.3) is 0 Å². The second kappa shape index (κ2) is 5.89. The molecule has 0 amide bonds. The summed E-state index contributed by atoms with van der Waals surface area (Å²) in [5.74, 6) is 1.89. The van der Waals surface area contributed by atoms with Crippen molar-refractivity contribution in [3.8, 4) is 11.5 Å². The maximum absolute atomic E-state index is 5.99. The molecule has 3 heteroatoms. The summed E-state index contributed by atoms with van der Waals surface area (Å²) >= 11 is 0. The summed E-state index contributed by atoms with van der Waals surface area (Å²) < 4.78 is 11.3. The van der Waals surface area contributed by atoms with Crippen molar-refractivity contribution in [3.05, 3.63) is 59.7 Å². The Morgan fingerprint density at radius 2 is 1.87 bits per heavy atom. The fourth-order valence-corrected chi connectivity index (χ4v) is 3.88. The fraction of sp³-hybridized carbons (Fsp3) is 0.400. The molecule has 0 aromatic heterocycles. The minimum absolute atomic E-state index is 0.203. The third-order valence-electron chi connectivity index (χ3n) is 5.33. The maximum atomic E-state index is 5.99. The van der Waals surface area contributed by atoms with Gasteiger partial charge < -0.3 is 9.47 Å². The molecule has 1 fully saturated rings. The van der Waals surface area contributed by atoms with Crippen molar-refractivity contribution in [1.82, 2.24) is 4.90 Å². The molecular formula is C20H23NO2. The molecule has 0 atom stereocenters. The summed E-state index contributed by atoms with van der Waals surface area (Å²) in [5, 5.41) is 0. The molecule has 23 heavy (non-hydrogen) atoms. The number of fused-ring (bicyclic) bond motifs is 2. The molecule has 0 saturated carbocycles. The summed E-state index contributed by atoms with van der Waals surface area (Å²) in [6.07, 6.45) is 2.33. The molecule has 1 saturated heterocycles. The molecule has 0 unspecified atom stereocenters. The van der Waals surface area contributed by atoms with Crippen LogP contribution in [0, 0.1) is 0 Å². The standard InChI is InChI=1S/C20H23NO2/c1-22-17-7-8-18-19(13-17)23-15-20(18)9-11-21(12-10-20)14-16-5-3-2-4-6-16/h2-8,13H,9-12,14-15H2,1H3. The first-order chi connectivity index (χ1) is 11.3. The first-order valence-electron chi connectivity index (χ1n) is 8.37. The predicted octanol–water partition coefficient (Wildman–Crippen LogP) is 3.62. The quantitative estimate of drug-likeness (QED) is 0.864. The number of methoxy groups -OCH3 is 1. The molecule has 2 aliphatic heterocycles. The van der Waals surface area contributed by atoms with Crippen molar-refractivity contribution in [2.75, 3.05) is 26.8 Å². The van der Waals surface area contributed by atoms with Gasteiger partial charge in [0, 0.05) is 23.6 Å². The summed E-state index contributed by atoms with van der Waals surface area (Å²) in [6, 6.07) is 17.0. The molecule has 0 aliphatic carbocycles. The monoisotopic (exact) mass is 309 g/mol. The molecule has 4 rings (SSSR count). The number of piperidine rings is 1. The van der Waals surface area contributed by atoms with Crippen LogP contribution in [0.25, 0.3) is 0 Å². The van der Waals surface area contributed by atoms with Crippen LogP contribution < -0.4 is 9.47 Å². The summed E-state index contributed by atoms with van der Waals surface area (Å²) in [5.41, 5.74) is 2.98. The highest BCUT2D eigenvalue weighted by molar-refractivity contribution is 5.48. The second-order valence-electron chi connectivity index (χ2n) is 6.69. The van der Waals surface area contributed by atoms with Crippen molar-refractivity contribution in [2.24, 2.45) is 0 Å². The van der Waals surface area contributed by atoms with Crippen molar-refractivity contribution < 1.29 is 9.47 Å². The van der Waals surface area contributed by atoms with E-state index >= 15 is 0 Å². The first-order valence-corrected chi connectivity index (χ1v) is 8.37. The van der Waals surface area contributed by atoms with Crippen LogP contribution in [0.5, 0.6) is 11.5 Å². The minimum atomic E-state index is 0.203. The highest BCUT2D eigenvalue weighted by Crippen LogP contribution is 2.46. The van der Waals surface area contributed by atoms with E-state index in [4.69, 9.17) is 9.47 Å². The van der Waals surface area contributed by atoms with E-state index in [-0.39, 0.29) is 5.41 Å². The van der Waals surface area contributed by atoms with E-state index in [1.54, 1.807) is 7.11 Å². The van der Waals surface area contributed by atoms with Gasteiger partial charge in [0.15, 0.2) is 0 Å². The Balaban J connectivity index is 1.46. The number of hydrogen-bond donors (Lipinski definition) is 0. The lowest BCUT2D eigenvalue weighted by atomic mass is 9.74. The van der Waals surface area contributed by atoms with Crippen LogP contribution in [-0.2, 0) is 12.0 Å². The Kier molecular flexibility index (Phi) is 3.74. The number of ether oxygens (including phenoxy) is 2. The van der Waals surface area contributed by atoms with Crippen LogP contribution in [0.4, 0.5) is 0 Å². The summed E-state index contributed by atoms with van der Waals surface area (Å²) in [7, 11) is 1.70. The van der Waals surface area contributed by atoms with Gasteiger partial charge in [0.05, 0.1) is 13.7 Å². The molecule has 2 aliphatic rings. The highest BCUT2D eigenvalue weighted by Gasteiger charge is 2.43. The van der Waals surface area contributed by atoms with E-state index in [0.29, 0.717) is 0 Å². The lowest BCUT2D eigenvalue weighted by Gasteiger charge is -2.38. The van der Waals surface area contributed by atoms with Gasteiger partial charge in [-0.2, -0.15) is 0 Å². The van der Waals surface area contributed by atoms with Gasteiger partial charge in [0.1, 0.15) is 11.5 Å². The Morgan fingerprint density at radius 3 is 2.61 bits per heavy atom. The number of benzene rings is 2. The van der Waals surface area contributed by atoms with Crippen molar-refractivity contribution in [1.29, 1.82) is 0 Å². The molecular weight excluding hydrogens is 286 g/mol. The number of likely N-dealkylation sites (tertiary alicyclic amines) is 1. The second-order valence-corrected chi connectivity index (χ2v) is 6.69. The maximum Gasteiger partial charge on any atom is 0.126 e. The zero-order valence-electron chi connectivity index (χ0n) is 13.6. The lowest BCUT2D eigenvalue weighted by molar-refractivity contribution is 0.130. The van der Waals surface area contributed by atoms with Gasteiger partial charge in [-0.05, 0) is 37.6 Å². The van der Waals surface area contributed by atoms with E-state index in [1.807, 2.05) is 6.07 Å². The van der Waals surface area contributed by atoms with E-state index < -0.39 is 0 Å². The van der Waals surface area contributed by atoms with Gasteiger partial charge in [-0.3, -0.25) is 4.90 Å². The van der Waals surface area contributed by atoms with E-state index in [1.165, 1.54) is 24.0 Å². The van der Waals surface area contributed by atoms with Crippen molar-refractivity contribution in [2.45, 2.75) is 24.8 Å². The van der Waals surface area contributed by atoms with Gasteiger partial charge in [-0.1, -0.05) is 36.4 Å². The van der Waals surface area contributed by atoms with Crippen LogP contribution >= 0.6 is 0 Å². The third-order valence-corrected chi connectivity index (χ3v) is 5.33. The minimum Gasteiger partial charge on any atom is -0.497 e.